The number of hydrogen-bond acceptors (Lipinski definition) is 1. The molecule has 0 amide bonds. The minimum Gasteiger partial charge on any atom is -0.347 e. The number of para-hydroxylation sites is 1. The molecule has 19 heavy (non-hydrogen) atoms. The van der Waals surface area contributed by atoms with Crippen molar-refractivity contribution < 1.29 is 0 Å². The van der Waals surface area contributed by atoms with Gasteiger partial charge in [-0.05, 0) is 24.1 Å². The quantitative estimate of drug-likeness (QED) is 0.740. The van der Waals surface area contributed by atoms with E-state index in [1.807, 2.05) is 0 Å². The van der Waals surface area contributed by atoms with Crippen LogP contribution in [0.2, 0.25) is 0 Å². The van der Waals surface area contributed by atoms with Gasteiger partial charge < -0.3 is 10.3 Å². The van der Waals surface area contributed by atoms with E-state index in [4.69, 9.17) is 5.73 Å². The lowest BCUT2D eigenvalue weighted by molar-refractivity contribution is 0.919. The third-order valence-electron chi connectivity index (χ3n) is 3.88. The summed E-state index contributed by atoms with van der Waals surface area (Å²) in [6, 6.07) is 17.1. The smallest absolute Gasteiger partial charge is 0.0486 e. The van der Waals surface area contributed by atoms with Crippen LogP contribution in [0.1, 0.15) is 11.3 Å². The van der Waals surface area contributed by atoms with Gasteiger partial charge in [0.1, 0.15) is 0 Å². The highest BCUT2D eigenvalue weighted by molar-refractivity contribution is 5.98. The Balaban J connectivity index is 2.26. The highest BCUT2D eigenvalue weighted by Crippen LogP contribution is 2.33. The Bertz CT molecular complexity index is 721. The van der Waals surface area contributed by atoms with Gasteiger partial charge in [-0.2, -0.15) is 0 Å². The zero-order valence-corrected chi connectivity index (χ0v) is 11.4. The van der Waals surface area contributed by atoms with E-state index in [-0.39, 0.29) is 0 Å². The molecule has 1 aromatic heterocycles. The Morgan fingerprint density at radius 3 is 2.37 bits per heavy atom. The maximum absolute atomic E-state index is 5.66. The van der Waals surface area contributed by atoms with Crippen molar-refractivity contribution in [3.8, 4) is 11.1 Å². The Morgan fingerprint density at radius 2 is 1.68 bits per heavy atom. The minimum absolute atomic E-state index is 0.592. The summed E-state index contributed by atoms with van der Waals surface area (Å²) in [5.74, 6) is 0. The van der Waals surface area contributed by atoms with Crippen LogP contribution in [-0.2, 0) is 13.6 Å². The van der Waals surface area contributed by atoms with Crippen LogP contribution >= 0.6 is 0 Å². The summed E-state index contributed by atoms with van der Waals surface area (Å²) < 4.78 is 2.25. The van der Waals surface area contributed by atoms with Crippen molar-refractivity contribution in [1.29, 1.82) is 0 Å². The van der Waals surface area contributed by atoms with Gasteiger partial charge in [0.05, 0.1) is 0 Å². The van der Waals surface area contributed by atoms with Crippen LogP contribution in [-0.4, -0.2) is 4.57 Å². The van der Waals surface area contributed by atoms with Crippen molar-refractivity contribution in [1.82, 2.24) is 4.57 Å². The van der Waals surface area contributed by atoms with Crippen molar-refractivity contribution in [2.45, 2.75) is 13.5 Å². The van der Waals surface area contributed by atoms with Crippen molar-refractivity contribution in [3.05, 3.63) is 59.8 Å². The maximum atomic E-state index is 5.66. The van der Waals surface area contributed by atoms with Crippen molar-refractivity contribution in [2.24, 2.45) is 12.8 Å². The second kappa shape index (κ2) is 4.56. The van der Waals surface area contributed by atoms with E-state index in [1.54, 1.807) is 0 Å². The maximum Gasteiger partial charge on any atom is 0.0486 e. The van der Waals surface area contributed by atoms with Gasteiger partial charge in [-0.15, -0.1) is 0 Å². The van der Waals surface area contributed by atoms with E-state index in [0.29, 0.717) is 6.54 Å². The predicted octanol–water partition coefficient (Wildman–Crippen LogP) is 3.61. The monoisotopic (exact) mass is 250 g/mol. The summed E-state index contributed by atoms with van der Waals surface area (Å²) in [7, 11) is 2.12. The summed E-state index contributed by atoms with van der Waals surface area (Å²) in [4.78, 5) is 0. The topological polar surface area (TPSA) is 30.9 Å². The first-order valence-electron chi connectivity index (χ1n) is 6.55. The lowest BCUT2D eigenvalue weighted by Crippen LogP contribution is -1.95. The van der Waals surface area contributed by atoms with Crippen LogP contribution in [0.5, 0.6) is 0 Å². The van der Waals surface area contributed by atoms with Crippen molar-refractivity contribution in [2.75, 3.05) is 0 Å². The van der Waals surface area contributed by atoms with Gasteiger partial charge in [0.25, 0.3) is 0 Å². The molecule has 2 heteroatoms. The van der Waals surface area contributed by atoms with Crippen molar-refractivity contribution >= 4 is 10.9 Å². The molecule has 0 aliphatic rings. The molecule has 3 rings (SSSR count). The average Bonchev–Trinajstić information content (AvgIpc) is 2.72. The van der Waals surface area contributed by atoms with Crippen LogP contribution in [0.15, 0.2) is 48.5 Å². The first kappa shape index (κ1) is 12.0. The molecular formula is C17H18N2. The molecule has 0 unspecified atom stereocenters. The summed E-state index contributed by atoms with van der Waals surface area (Å²) in [6.45, 7) is 2.76. The number of fused-ring (bicyclic) bond motifs is 1. The Hall–Kier alpha value is -2.06. The predicted molar refractivity (Wildman–Crippen MR) is 81.0 cm³/mol. The molecule has 0 spiro atoms. The molecule has 1 heterocycles. The van der Waals surface area contributed by atoms with Gasteiger partial charge in [0, 0.05) is 35.8 Å². The third-order valence-corrected chi connectivity index (χ3v) is 3.88. The molecule has 0 saturated carbocycles. The fraction of sp³-hybridized carbons (Fsp3) is 0.176. The first-order valence-corrected chi connectivity index (χ1v) is 6.55. The molecular weight excluding hydrogens is 232 g/mol. The van der Waals surface area contributed by atoms with E-state index < -0.39 is 0 Å². The molecule has 2 N–H and O–H groups in total. The molecule has 0 aliphatic carbocycles. The van der Waals surface area contributed by atoms with Crippen molar-refractivity contribution in [3.63, 3.8) is 0 Å². The van der Waals surface area contributed by atoms with Gasteiger partial charge in [0.2, 0.25) is 0 Å². The zero-order chi connectivity index (χ0) is 13.4. The van der Waals surface area contributed by atoms with Crippen LogP contribution in [0.25, 0.3) is 22.0 Å². The van der Waals surface area contributed by atoms with Gasteiger partial charge >= 0.3 is 0 Å². The second-order valence-corrected chi connectivity index (χ2v) is 4.94. The zero-order valence-electron chi connectivity index (χ0n) is 11.4. The largest absolute Gasteiger partial charge is 0.347 e. The lowest BCUT2D eigenvalue weighted by Gasteiger charge is -2.04. The average molecular weight is 250 g/mol. The normalized spacial score (nSPS) is 11.1. The third kappa shape index (κ3) is 1.85. The SMILES string of the molecule is Cc1c(-c2ccc(CN)cc2)c2ccccc2n1C. The first-order chi connectivity index (χ1) is 9.22. The minimum atomic E-state index is 0.592. The summed E-state index contributed by atoms with van der Waals surface area (Å²) in [5.41, 5.74) is 12.0. The Morgan fingerprint density at radius 1 is 1.00 bits per heavy atom. The van der Waals surface area contributed by atoms with Crippen LogP contribution < -0.4 is 5.73 Å². The number of hydrogen-bond donors (Lipinski definition) is 1. The Kier molecular flexibility index (Phi) is 2.88. The molecule has 0 fully saturated rings. The van der Waals surface area contributed by atoms with Gasteiger partial charge in [-0.3, -0.25) is 0 Å². The summed E-state index contributed by atoms with van der Waals surface area (Å²) in [6.07, 6.45) is 0. The van der Waals surface area contributed by atoms with Gasteiger partial charge in [-0.25, -0.2) is 0 Å². The number of benzene rings is 2. The number of aryl methyl sites for hydroxylation is 1. The number of rotatable bonds is 2. The van der Waals surface area contributed by atoms with Crippen LogP contribution in [0.4, 0.5) is 0 Å². The van der Waals surface area contributed by atoms with Gasteiger partial charge in [0.15, 0.2) is 0 Å². The lowest BCUT2D eigenvalue weighted by atomic mass is 10.0. The fourth-order valence-corrected chi connectivity index (χ4v) is 2.69. The number of nitrogens with zero attached hydrogens (tertiary/aromatic N) is 1. The van der Waals surface area contributed by atoms with E-state index >= 15 is 0 Å². The molecule has 2 aromatic carbocycles. The molecule has 0 atom stereocenters. The van der Waals surface area contributed by atoms with E-state index in [0.717, 1.165) is 0 Å². The Labute approximate surface area is 113 Å². The van der Waals surface area contributed by atoms with E-state index in [2.05, 4.69) is 67.1 Å². The number of nitrogens with two attached hydrogens (primary N) is 1. The molecule has 0 radical (unpaired) electrons. The van der Waals surface area contributed by atoms with Crippen LogP contribution in [0, 0.1) is 6.92 Å². The molecule has 0 saturated heterocycles. The summed E-state index contributed by atoms with van der Waals surface area (Å²) >= 11 is 0. The van der Waals surface area contributed by atoms with Gasteiger partial charge in [-0.1, -0.05) is 42.5 Å². The molecule has 0 aliphatic heterocycles. The molecule has 0 bridgehead atoms. The highest BCUT2D eigenvalue weighted by atomic mass is 14.9. The highest BCUT2D eigenvalue weighted by Gasteiger charge is 2.12. The molecule has 2 nitrogen and oxygen atoms in total. The molecule has 96 valence electrons. The molecule has 3 aromatic rings. The standard InChI is InChI=1S/C17H18N2/c1-12-17(14-9-7-13(11-18)8-10-14)15-5-3-4-6-16(15)19(12)2/h3-10H,11,18H2,1-2H3. The van der Waals surface area contributed by atoms with E-state index in [9.17, 15) is 0 Å². The fourth-order valence-electron chi connectivity index (χ4n) is 2.69. The van der Waals surface area contributed by atoms with Crippen LogP contribution in [0.3, 0.4) is 0 Å². The van der Waals surface area contributed by atoms with E-state index in [1.165, 1.54) is 33.3 Å². The second-order valence-electron chi connectivity index (χ2n) is 4.94. The summed E-state index contributed by atoms with van der Waals surface area (Å²) in [5, 5.41) is 1.31. The number of aromatic nitrogens is 1.